The van der Waals surface area contributed by atoms with Gasteiger partial charge in [-0.05, 0) is 35.4 Å². The van der Waals surface area contributed by atoms with Gasteiger partial charge in [0.2, 0.25) is 6.79 Å². The van der Waals surface area contributed by atoms with Gasteiger partial charge >= 0.3 is 0 Å². The second-order valence-electron chi connectivity index (χ2n) is 4.53. The molecule has 3 rings (SSSR count). The molecular weight excluding hydrogens is 386 g/mol. The number of ether oxygens (including phenoxy) is 2. The Labute approximate surface area is 134 Å². The molecule has 5 heteroatoms. The zero-order valence-electron chi connectivity index (χ0n) is 10.7. The highest BCUT2D eigenvalue weighted by molar-refractivity contribution is 9.10. The van der Waals surface area contributed by atoms with Crippen LogP contribution in [0.1, 0.15) is 11.1 Å². The van der Waals surface area contributed by atoms with Crippen molar-refractivity contribution < 1.29 is 9.47 Å². The third-order valence-electron chi connectivity index (χ3n) is 3.08. The number of hydrogen-bond acceptors (Lipinski definition) is 3. The summed E-state index contributed by atoms with van der Waals surface area (Å²) in [4.78, 5) is 0. The zero-order valence-corrected chi connectivity index (χ0v) is 13.8. The van der Waals surface area contributed by atoms with Crippen molar-refractivity contribution in [1.29, 1.82) is 0 Å². The lowest BCUT2D eigenvalue weighted by Crippen LogP contribution is -2.13. The first-order valence-corrected chi connectivity index (χ1v) is 7.84. The van der Waals surface area contributed by atoms with Crippen LogP contribution in [0.15, 0.2) is 45.3 Å². The lowest BCUT2D eigenvalue weighted by molar-refractivity contribution is 0.174. The molecule has 0 aliphatic carbocycles. The Hall–Kier alpha value is -1.04. The number of nitrogens with one attached hydrogen (secondary N) is 1. The molecule has 0 unspecified atom stereocenters. The number of halogens is 2. The molecule has 0 bridgehead atoms. The van der Waals surface area contributed by atoms with Gasteiger partial charge in [0.25, 0.3) is 0 Å². The molecule has 2 aromatic carbocycles. The van der Waals surface area contributed by atoms with Crippen molar-refractivity contribution >= 4 is 31.9 Å². The summed E-state index contributed by atoms with van der Waals surface area (Å²) in [6.45, 7) is 1.89. The van der Waals surface area contributed by atoms with Gasteiger partial charge in [-0.25, -0.2) is 0 Å². The molecule has 1 aliphatic rings. The molecule has 0 atom stereocenters. The van der Waals surface area contributed by atoms with E-state index in [0.29, 0.717) is 6.79 Å². The van der Waals surface area contributed by atoms with Crippen molar-refractivity contribution in [2.45, 2.75) is 13.1 Å². The lowest BCUT2D eigenvalue weighted by atomic mass is 10.2. The maximum Gasteiger partial charge on any atom is 0.231 e. The fourth-order valence-electron chi connectivity index (χ4n) is 2.08. The van der Waals surface area contributed by atoms with Crippen LogP contribution >= 0.6 is 31.9 Å². The molecule has 0 aromatic heterocycles. The second kappa shape index (κ2) is 6.16. The van der Waals surface area contributed by atoms with Gasteiger partial charge in [-0.1, -0.05) is 44.0 Å². The normalized spacial score (nSPS) is 12.7. The highest BCUT2D eigenvalue weighted by Crippen LogP contribution is 2.36. The van der Waals surface area contributed by atoms with E-state index in [1.807, 2.05) is 24.3 Å². The molecule has 0 fully saturated rings. The standard InChI is InChI=1S/C15H13Br2NO2/c16-12-3-1-2-10(4-12)7-18-8-11-5-14-15(6-13(11)17)20-9-19-14/h1-6,18H,7-9H2. The summed E-state index contributed by atoms with van der Waals surface area (Å²) in [5.74, 6) is 1.61. The maximum absolute atomic E-state index is 5.40. The van der Waals surface area contributed by atoms with Gasteiger partial charge in [-0.2, -0.15) is 0 Å². The molecule has 0 radical (unpaired) electrons. The van der Waals surface area contributed by atoms with Gasteiger partial charge in [0.05, 0.1) is 0 Å². The van der Waals surface area contributed by atoms with Crippen molar-refractivity contribution in [3.8, 4) is 11.5 Å². The predicted molar refractivity (Wildman–Crippen MR) is 85.0 cm³/mol. The minimum Gasteiger partial charge on any atom is -0.454 e. The Morgan fingerprint density at radius 3 is 2.60 bits per heavy atom. The van der Waals surface area contributed by atoms with E-state index in [1.165, 1.54) is 5.56 Å². The van der Waals surface area contributed by atoms with Gasteiger partial charge in [-0.15, -0.1) is 0 Å². The molecule has 1 heterocycles. The van der Waals surface area contributed by atoms with Crippen molar-refractivity contribution in [3.05, 3.63) is 56.5 Å². The van der Waals surface area contributed by atoms with E-state index in [2.05, 4.69) is 49.3 Å². The average Bonchev–Trinajstić information content (AvgIpc) is 2.86. The van der Waals surface area contributed by atoms with E-state index in [9.17, 15) is 0 Å². The van der Waals surface area contributed by atoms with E-state index in [-0.39, 0.29) is 0 Å². The molecule has 20 heavy (non-hydrogen) atoms. The molecule has 1 N–H and O–H groups in total. The highest BCUT2D eigenvalue weighted by atomic mass is 79.9. The third kappa shape index (κ3) is 3.16. The summed E-state index contributed by atoms with van der Waals surface area (Å²) >= 11 is 7.04. The Morgan fingerprint density at radius 2 is 1.80 bits per heavy atom. The van der Waals surface area contributed by atoms with Crippen LogP contribution in [0.25, 0.3) is 0 Å². The third-order valence-corrected chi connectivity index (χ3v) is 4.31. The summed E-state index contributed by atoms with van der Waals surface area (Å²) in [6, 6.07) is 12.3. The second-order valence-corrected chi connectivity index (χ2v) is 6.30. The minimum absolute atomic E-state index is 0.302. The summed E-state index contributed by atoms with van der Waals surface area (Å²) in [5, 5.41) is 3.43. The Balaban J connectivity index is 1.64. The fourth-order valence-corrected chi connectivity index (χ4v) is 2.99. The molecule has 104 valence electrons. The van der Waals surface area contributed by atoms with E-state index in [0.717, 1.165) is 39.1 Å². The molecule has 0 saturated carbocycles. The largest absolute Gasteiger partial charge is 0.454 e. The van der Waals surface area contributed by atoms with Gasteiger partial charge in [0, 0.05) is 22.0 Å². The number of benzene rings is 2. The monoisotopic (exact) mass is 397 g/mol. The highest BCUT2D eigenvalue weighted by Gasteiger charge is 2.15. The van der Waals surface area contributed by atoms with Crippen LogP contribution in [0.2, 0.25) is 0 Å². The molecule has 3 nitrogen and oxygen atoms in total. The Morgan fingerprint density at radius 1 is 1.00 bits per heavy atom. The first-order chi connectivity index (χ1) is 9.72. The average molecular weight is 399 g/mol. The van der Waals surface area contributed by atoms with Gasteiger partial charge in [0.1, 0.15) is 0 Å². The molecular formula is C15H13Br2NO2. The molecule has 2 aromatic rings. The van der Waals surface area contributed by atoms with Crippen LogP contribution in [0, 0.1) is 0 Å². The quantitative estimate of drug-likeness (QED) is 0.835. The predicted octanol–water partition coefficient (Wildman–Crippen LogP) is 4.23. The van der Waals surface area contributed by atoms with Crippen molar-refractivity contribution in [2.24, 2.45) is 0 Å². The summed E-state index contributed by atoms with van der Waals surface area (Å²) in [5.41, 5.74) is 2.40. The lowest BCUT2D eigenvalue weighted by Gasteiger charge is -2.08. The summed E-state index contributed by atoms with van der Waals surface area (Å²) < 4.78 is 12.9. The number of hydrogen-bond donors (Lipinski definition) is 1. The number of rotatable bonds is 4. The number of fused-ring (bicyclic) bond motifs is 1. The summed E-state index contributed by atoms with van der Waals surface area (Å²) in [7, 11) is 0. The van der Waals surface area contributed by atoms with Gasteiger partial charge in [0.15, 0.2) is 11.5 Å². The van der Waals surface area contributed by atoms with Crippen LogP contribution in [-0.4, -0.2) is 6.79 Å². The van der Waals surface area contributed by atoms with Gasteiger partial charge < -0.3 is 14.8 Å². The van der Waals surface area contributed by atoms with E-state index < -0.39 is 0 Å². The summed E-state index contributed by atoms with van der Waals surface area (Å²) in [6.07, 6.45) is 0. The maximum atomic E-state index is 5.40. The van der Waals surface area contributed by atoms with Crippen LogP contribution in [0.4, 0.5) is 0 Å². The molecule has 0 saturated heterocycles. The van der Waals surface area contributed by atoms with Crippen molar-refractivity contribution in [2.75, 3.05) is 6.79 Å². The zero-order chi connectivity index (χ0) is 13.9. The first-order valence-electron chi connectivity index (χ1n) is 6.25. The smallest absolute Gasteiger partial charge is 0.231 e. The van der Waals surface area contributed by atoms with E-state index >= 15 is 0 Å². The van der Waals surface area contributed by atoms with Crippen LogP contribution in [0.5, 0.6) is 11.5 Å². The van der Waals surface area contributed by atoms with Crippen molar-refractivity contribution in [1.82, 2.24) is 5.32 Å². The molecule has 0 amide bonds. The van der Waals surface area contributed by atoms with Crippen LogP contribution < -0.4 is 14.8 Å². The van der Waals surface area contributed by atoms with E-state index in [1.54, 1.807) is 0 Å². The first kappa shape index (κ1) is 13.9. The fraction of sp³-hybridized carbons (Fsp3) is 0.200. The Kier molecular flexibility index (Phi) is 4.29. The van der Waals surface area contributed by atoms with Crippen LogP contribution in [-0.2, 0) is 13.1 Å². The SMILES string of the molecule is Brc1cccc(CNCc2cc3c(cc2Br)OCO3)c1. The molecule has 0 spiro atoms. The minimum atomic E-state index is 0.302. The van der Waals surface area contributed by atoms with E-state index in [4.69, 9.17) is 9.47 Å². The van der Waals surface area contributed by atoms with Crippen LogP contribution in [0.3, 0.4) is 0 Å². The molecule has 1 aliphatic heterocycles. The topological polar surface area (TPSA) is 30.5 Å². The Bertz CT molecular complexity index is 631. The van der Waals surface area contributed by atoms with Crippen molar-refractivity contribution in [3.63, 3.8) is 0 Å². The van der Waals surface area contributed by atoms with Gasteiger partial charge in [-0.3, -0.25) is 0 Å².